The van der Waals surface area contributed by atoms with E-state index in [2.05, 4.69) is 10.3 Å². The highest BCUT2D eigenvalue weighted by Gasteiger charge is 2.31. The molecule has 3 amide bonds. The van der Waals surface area contributed by atoms with Gasteiger partial charge in [0.25, 0.3) is 5.91 Å². The van der Waals surface area contributed by atoms with Gasteiger partial charge in [0.2, 0.25) is 11.8 Å². The molecule has 2 heterocycles. The zero-order valence-electron chi connectivity index (χ0n) is 17.4. The van der Waals surface area contributed by atoms with Gasteiger partial charge in [-0.3, -0.25) is 19.3 Å². The number of piperazine rings is 1. The molecule has 30 heavy (non-hydrogen) atoms. The lowest BCUT2D eigenvalue weighted by molar-refractivity contribution is -0.147. The molecule has 2 aromatic rings. The second-order valence-corrected chi connectivity index (χ2v) is 7.42. The fraction of sp³-hybridized carbons (Fsp3) is 0.364. The van der Waals surface area contributed by atoms with Gasteiger partial charge < -0.3 is 14.6 Å². The maximum Gasteiger partial charge on any atom is 0.277 e. The average molecular weight is 410 g/mol. The number of nitrogens with zero attached hydrogens (tertiary/aromatic N) is 3. The lowest BCUT2D eigenvalue weighted by atomic mass is 10.1. The molecule has 0 saturated carbocycles. The van der Waals surface area contributed by atoms with Gasteiger partial charge in [-0.05, 0) is 17.6 Å². The zero-order chi connectivity index (χ0) is 21.7. The van der Waals surface area contributed by atoms with Crippen LogP contribution in [-0.2, 0) is 32.3 Å². The topological polar surface area (TPSA) is 93.5 Å². The number of nitrogens with one attached hydrogen (secondary N) is 1. The summed E-state index contributed by atoms with van der Waals surface area (Å²) in [6.45, 7) is 6.70. The van der Waals surface area contributed by atoms with Crippen LogP contribution in [0.1, 0.15) is 43.6 Å². The number of hydrogen-bond acceptors (Lipinski definition) is 5. The summed E-state index contributed by atoms with van der Waals surface area (Å²) in [4.78, 5) is 41.4. The first-order valence-corrected chi connectivity index (χ1v) is 9.87. The van der Waals surface area contributed by atoms with Crippen LogP contribution in [0.2, 0.25) is 0 Å². The molecule has 0 bridgehead atoms. The molecule has 0 unspecified atom stereocenters. The van der Waals surface area contributed by atoms with Gasteiger partial charge in [-0.2, -0.15) is 0 Å². The fourth-order valence-electron chi connectivity index (χ4n) is 3.34. The van der Waals surface area contributed by atoms with Crippen LogP contribution in [-0.4, -0.2) is 45.3 Å². The van der Waals surface area contributed by atoms with Crippen LogP contribution in [0.15, 0.2) is 42.4 Å². The van der Waals surface area contributed by atoms with Gasteiger partial charge in [-0.25, -0.2) is 4.98 Å². The van der Waals surface area contributed by atoms with Crippen molar-refractivity contribution in [3.8, 4) is 0 Å². The van der Waals surface area contributed by atoms with Crippen molar-refractivity contribution in [2.24, 2.45) is 0 Å². The molecule has 8 nitrogen and oxygen atoms in total. The predicted molar refractivity (Wildman–Crippen MR) is 111 cm³/mol. The van der Waals surface area contributed by atoms with Crippen molar-refractivity contribution in [2.75, 3.05) is 13.2 Å². The molecule has 1 N–H and O–H groups in total. The van der Waals surface area contributed by atoms with Crippen LogP contribution in [0.5, 0.6) is 0 Å². The molecule has 1 aromatic heterocycles. The molecule has 0 aliphatic carbocycles. The first kappa shape index (κ1) is 21.4. The summed E-state index contributed by atoms with van der Waals surface area (Å²) in [5.74, 6) is -1.27. The van der Waals surface area contributed by atoms with Crippen LogP contribution in [0.25, 0.3) is 6.08 Å². The second-order valence-electron chi connectivity index (χ2n) is 7.42. The van der Waals surface area contributed by atoms with Gasteiger partial charge in [0, 0.05) is 19.2 Å². The first-order chi connectivity index (χ1) is 14.4. The minimum atomic E-state index is -0.530. The Kier molecular flexibility index (Phi) is 6.79. The summed E-state index contributed by atoms with van der Waals surface area (Å²) < 4.78 is 7.76. The number of amides is 3. The van der Waals surface area contributed by atoms with Gasteiger partial charge in [0.05, 0.1) is 25.2 Å². The Balaban J connectivity index is 1.73. The smallest absolute Gasteiger partial charge is 0.277 e. The third-order valence-electron chi connectivity index (χ3n) is 4.76. The van der Waals surface area contributed by atoms with Crippen LogP contribution >= 0.6 is 0 Å². The Bertz CT molecular complexity index is 963. The third-order valence-corrected chi connectivity index (χ3v) is 4.76. The van der Waals surface area contributed by atoms with Crippen LogP contribution in [0.4, 0.5) is 0 Å². The van der Waals surface area contributed by atoms with Crippen molar-refractivity contribution in [2.45, 2.75) is 39.8 Å². The molecule has 1 aliphatic heterocycles. The minimum absolute atomic E-state index is 0.0499. The number of benzene rings is 1. The summed E-state index contributed by atoms with van der Waals surface area (Å²) in [5.41, 5.74) is 2.67. The lowest BCUT2D eigenvalue weighted by Crippen LogP contribution is -2.51. The largest absolute Gasteiger partial charge is 0.375 e. The molecule has 1 saturated heterocycles. The number of imidazole rings is 1. The van der Waals surface area contributed by atoms with Gasteiger partial charge in [-0.1, -0.05) is 44.2 Å². The second kappa shape index (κ2) is 9.49. The molecule has 8 heteroatoms. The molecule has 0 atom stereocenters. The highest BCUT2D eigenvalue weighted by atomic mass is 16.5. The normalized spacial score (nSPS) is 15.7. The lowest BCUT2D eigenvalue weighted by Gasteiger charge is -2.25. The quantitative estimate of drug-likeness (QED) is 0.557. The standard InChI is InChI=1S/C22H26N4O4/c1-15(2)21-18(11-19-22(29)26(16(3)27)12-20(28)24-19)23-14-25(21)9-10-30-13-17-7-5-4-6-8-17/h4-8,11,14-15H,9-10,12-13H2,1-3H3,(H,24,28). The van der Waals surface area contributed by atoms with E-state index < -0.39 is 17.7 Å². The van der Waals surface area contributed by atoms with Gasteiger partial charge >= 0.3 is 0 Å². The zero-order valence-corrected chi connectivity index (χ0v) is 17.4. The molecular formula is C22H26N4O4. The van der Waals surface area contributed by atoms with E-state index in [0.29, 0.717) is 25.5 Å². The Hall–Kier alpha value is -3.26. The molecule has 0 spiro atoms. The maximum atomic E-state index is 12.5. The van der Waals surface area contributed by atoms with E-state index >= 15 is 0 Å². The van der Waals surface area contributed by atoms with Crippen molar-refractivity contribution in [3.05, 3.63) is 59.3 Å². The van der Waals surface area contributed by atoms with Crippen molar-refractivity contribution in [1.82, 2.24) is 19.8 Å². The van der Waals surface area contributed by atoms with Crippen LogP contribution in [0, 0.1) is 0 Å². The Labute approximate surface area is 175 Å². The van der Waals surface area contributed by atoms with Crippen molar-refractivity contribution >= 4 is 23.8 Å². The van der Waals surface area contributed by atoms with E-state index in [-0.39, 0.29) is 18.2 Å². The molecular weight excluding hydrogens is 384 g/mol. The van der Waals surface area contributed by atoms with Crippen molar-refractivity contribution in [1.29, 1.82) is 0 Å². The van der Waals surface area contributed by atoms with E-state index in [1.807, 2.05) is 48.7 Å². The molecule has 1 fully saturated rings. The minimum Gasteiger partial charge on any atom is -0.375 e. The molecule has 0 radical (unpaired) electrons. The van der Waals surface area contributed by atoms with Crippen molar-refractivity contribution < 1.29 is 19.1 Å². The van der Waals surface area contributed by atoms with Crippen molar-refractivity contribution in [3.63, 3.8) is 0 Å². The number of carbonyl (C=O) groups excluding carboxylic acids is 3. The number of hydrogen-bond donors (Lipinski definition) is 1. The maximum absolute atomic E-state index is 12.5. The molecule has 1 aliphatic rings. The van der Waals surface area contributed by atoms with Gasteiger partial charge in [0.1, 0.15) is 12.2 Å². The highest BCUT2D eigenvalue weighted by molar-refractivity contribution is 6.12. The SMILES string of the molecule is CC(=O)N1CC(=O)NC(=Cc2ncn(CCOCc3ccccc3)c2C(C)C)C1=O. The Morgan fingerprint density at radius 3 is 2.67 bits per heavy atom. The van der Waals surface area contributed by atoms with E-state index in [0.717, 1.165) is 16.2 Å². The summed E-state index contributed by atoms with van der Waals surface area (Å²) in [5, 5.41) is 2.55. The average Bonchev–Trinajstić information content (AvgIpc) is 3.11. The van der Waals surface area contributed by atoms with E-state index in [1.165, 1.54) is 13.0 Å². The third kappa shape index (κ3) is 5.01. The Morgan fingerprint density at radius 1 is 1.27 bits per heavy atom. The predicted octanol–water partition coefficient (Wildman–Crippen LogP) is 2.07. The number of aromatic nitrogens is 2. The molecule has 158 valence electrons. The van der Waals surface area contributed by atoms with Crippen LogP contribution in [0.3, 0.4) is 0 Å². The number of rotatable bonds is 7. The van der Waals surface area contributed by atoms with E-state index in [4.69, 9.17) is 4.74 Å². The van der Waals surface area contributed by atoms with Gasteiger partial charge in [-0.15, -0.1) is 0 Å². The highest BCUT2D eigenvalue weighted by Crippen LogP contribution is 2.22. The Morgan fingerprint density at radius 2 is 2.00 bits per heavy atom. The van der Waals surface area contributed by atoms with Crippen LogP contribution < -0.4 is 5.32 Å². The monoisotopic (exact) mass is 410 g/mol. The first-order valence-electron chi connectivity index (χ1n) is 9.87. The molecule has 1 aromatic carbocycles. The number of ether oxygens (including phenoxy) is 1. The number of carbonyl (C=O) groups is 3. The van der Waals surface area contributed by atoms with Gasteiger partial charge in [0.15, 0.2) is 0 Å². The summed E-state index contributed by atoms with van der Waals surface area (Å²) in [6.07, 6.45) is 3.23. The number of imide groups is 1. The fourth-order valence-corrected chi connectivity index (χ4v) is 3.34. The van der Waals surface area contributed by atoms with E-state index in [1.54, 1.807) is 6.33 Å². The summed E-state index contributed by atoms with van der Waals surface area (Å²) in [7, 11) is 0. The van der Waals surface area contributed by atoms with E-state index in [9.17, 15) is 14.4 Å². The summed E-state index contributed by atoms with van der Waals surface area (Å²) in [6, 6.07) is 9.95. The summed E-state index contributed by atoms with van der Waals surface area (Å²) >= 11 is 0. The molecule has 3 rings (SSSR count).